The van der Waals surface area contributed by atoms with Crippen LogP contribution in [0.5, 0.6) is 0 Å². The standard InChI is InChI=1S/C12H14O.C10H16O2.C9H14O3.C8H14O2.2C8H12O2.C6H10O.5CH4/c1-10(2)12(13)9-8-11-6-4-3-5-7-11;1-4-5-9(11)6-7-10(12)8(2)3;1-4-12-9(11)6-5-8(10)7(2)3;3*1-6(2)8(10)5-4-7(3)9;1-4-6(7)5(2)3;;;;;/h3-10H,1-2H3;6-8H,4-5H2,1-3H3;5-7H,4H2,1-3H3;6H,4-5H2,1-3H3;2*4-6H,1-3H3;4-5H,1H2,2-3H3;5*1H4/b9-8+;7-6-;6-5+;;5-4+;5-4-;;;;;;. The monoisotopic (exact) mass is 1110 g/mol. The molecule has 0 heterocycles. The summed E-state index contributed by atoms with van der Waals surface area (Å²) >= 11 is 0. The highest BCUT2D eigenvalue weighted by Crippen LogP contribution is 2.04. The lowest BCUT2D eigenvalue weighted by Crippen LogP contribution is -2.08. The van der Waals surface area contributed by atoms with Crippen LogP contribution in [0.3, 0.4) is 0 Å². The van der Waals surface area contributed by atoms with Crippen LogP contribution in [0.2, 0.25) is 0 Å². The average Bonchev–Trinajstić information content (AvgIpc) is 3.32. The number of carbonyl (C=O) groups is 12. The van der Waals surface area contributed by atoms with Crippen LogP contribution in [-0.2, 0) is 62.3 Å². The minimum Gasteiger partial charge on any atom is -0.463 e. The number of ketones is 11. The van der Waals surface area contributed by atoms with Crippen molar-refractivity contribution in [1.29, 1.82) is 0 Å². The van der Waals surface area contributed by atoms with Gasteiger partial charge >= 0.3 is 5.97 Å². The van der Waals surface area contributed by atoms with E-state index < -0.39 is 5.97 Å². The molecule has 0 saturated carbocycles. The number of hydrogen-bond acceptors (Lipinski definition) is 13. The van der Waals surface area contributed by atoms with Crippen LogP contribution in [0.1, 0.15) is 200 Å². The first-order chi connectivity index (χ1) is 34.1. The molecular weight excluding hydrogens is 1000 g/mol. The van der Waals surface area contributed by atoms with Gasteiger partial charge in [0.15, 0.2) is 52.0 Å². The number of benzene rings is 1. The SMILES string of the molecule is C.C.C.C.C.C=CC(=O)C(C)C.CC(=O)/C=C/C(=O)C(C)C.CC(=O)/C=C\C(=O)C(C)C.CC(=O)CCC(=O)C(C)C.CC(C)C(=O)/C=C/c1ccccc1.CCCC(=O)/C=C\C(=O)C(C)C.CCOC(=O)/C=C/C(=O)C(C)C. The highest BCUT2D eigenvalue weighted by atomic mass is 16.5. The lowest BCUT2D eigenvalue weighted by atomic mass is 10.0. The predicted molar refractivity (Wildman–Crippen MR) is 333 cm³/mol. The van der Waals surface area contributed by atoms with Crippen molar-refractivity contribution in [2.24, 2.45) is 41.4 Å². The molecule has 0 aliphatic heterocycles. The van der Waals surface area contributed by atoms with E-state index in [9.17, 15) is 57.5 Å². The molecule has 0 bridgehead atoms. The Hall–Kier alpha value is -6.50. The molecule has 0 saturated heterocycles. The second-order valence-corrected chi connectivity index (χ2v) is 18.6. The number of Topliss-reactive ketones (excluding diaryl/α,β-unsaturated/α-hetero) is 2. The van der Waals surface area contributed by atoms with Crippen molar-refractivity contribution in [3.8, 4) is 0 Å². The molecule has 0 amide bonds. The zero-order valence-electron chi connectivity index (χ0n) is 48.3. The molecule has 0 aliphatic carbocycles. The number of rotatable bonds is 24. The minimum absolute atomic E-state index is 0. The summed E-state index contributed by atoms with van der Waals surface area (Å²) in [7, 11) is 0. The molecule has 0 fully saturated rings. The molecule has 0 unspecified atom stereocenters. The predicted octanol–water partition coefficient (Wildman–Crippen LogP) is 15.3. The fourth-order valence-corrected chi connectivity index (χ4v) is 3.77. The van der Waals surface area contributed by atoms with Gasteiger partial charge in [-0.2, -0.15) is 0 Å². The summed E-state index contributed by atoms with van der Waals surface area (Å²) in [5.74, 6) is 0.0105. The molecule has 79 heavy (non-hydrogen) atoms. The van der Waals surface area contributed by atoms with Crippen molar-refractivity contribution in [2.75, 3.05) is 6.61 Å². The van der Waals surface area contributed by atoms with Gasteiger partial charge in [0, 0.05) is 66.8 Å². The first-order valence-corrected chi connectivity index (χ1v) is 25.2. The summed E-state index contributed by atoms with van der Waals surface area (Å²) in [5.41, 5.74) is 1.07. The number of hydrogen-bond donors (Lipinski definition) is 0. The number of ether oxygens (including phenoxy) is 1. The Morgan fingerprint density at radius 3 is 1.01 bits per heavy atom. The summed E-state index contributed by atoms with van der Waals surface area (Å²) < 4.78 is 4.59. The lowest BCUT2D eigenvalue weighted by Gasteiger charge is -2.00. The summed E-state index contributed by atoms with van der Waals surface area (Å²) in [6.07, 6.45) is 17.4. The van der Waals surface area contributed by atoms with Gasteiger partial charge in [-0.1, -0.05) is 184 Å². The topological polar surface area (TPSA) is 214 Å². The Bertz CT molecular complexity index is 1950. The molecule has 13 heteroatoms. The Labute approximate surface area is 481 Å². The number of esters is 1. The van der Waals surface area contributed by atoms with Crippen molar-refractivity contribution in [2.45, 2.75) is 194 Å². The highest BCUT2D eigenvalue weighted by molar-refractivity contribution is 6.00. The van der Waals surface area contributed by atoms with Crippen molar-refractivity contribution < 1.29 is 62.3 Å². The van der Waals surface area contributed by atoms with E-state index in [1.54, 1.807) is 54.5 Å². The third-order valence-corrected chi connectivity index (χ3v) is 8.79. The molecule has 1 aromatic carbocycles. The largest absolute Gasteiger partial charge is 0.463 e. The normalized spacial score (nSPS) is 9.90. The van der Waals surface area contributed by atoms with E-state index >= 15 is 0 Å². The maximum atomic E-state index is 11.2. The molecule has 1 rings (SSSR count). The van der Waals surface area contributed by atoms with Gasteiger partial charge in [-0.25, -0.2) is 4.79 Å². The average molecular weight is 1110 g/mol. The molecule has 454 valence electrons. The van der Waals surface area contributed by atoms with E-state index in [1.807, 2.05) is 98.7 Å². The Kier molecular flexibility index (Phi) is 77.3. The number of carbonyl (C=O) groups excluding carboxylic acids is 12. The smallest absolute Gasteiger partial charge is 0.330 e. The Morgan fingerprint density at radius 2 is 0.747 bits per heavy atom. The molecule has 1 aromatic rings. The zero-order valence-corrected chi connectivity index (χ0v) is 48.3. The van der Waals surface area contributed by atoms with Gasteiger partial charge in [0.25, 0.3) is 0 Å². The minimum atomic E-state index is -0.466. The van der Waals surface area contributed by atoms with E-state index in [1.165, 1.54) is 69.4 Å². The second-order valence-electron chi connectivity index (χ2n) is 18.6. The van der Waals surface area contributed by atoms with E-state index in [0.717, 1.165) is 18.1 Å². The molecule has 0 N–H and O–H groups in total. The molecule has 0 spiro atoms. The van der Waals surface area contributed by atoms with Gasteiger partial charge in [-0.05, 0) is 94.4 Å². The lowest BCUT2D eigenvalue weighted by molar-refractivity contribution is -0.137. The molecular formula is C66H112O13. The van der Waals surface area contributed by atoms with Gasteiger partial charge < -0.3 is 9.53 Å². The maximum absolute atomic E-state index is 11.2. The van der Waals surface area contributed by atoms with Crippen LogP contribution in [0, 0.1) is 41.4 Å². The van der Waals surface area contributed by atoms with Gasteiger partial charge in [-0.3, -0.25) is 47.9 Å². The van der Waals surface area contributed by atoms with Crippen molar-refractivity contribution >= 4 is 75.7 Å². The van der Waals surface area contributed by atoms with Gasteiger partial charge in [-0.15, -0.1) is 0 Å². The maximum Gasteiger partial charge on any atom is 0.330 e. The van der Waals surface area contributed by atoms with E-state index in [0.29, 0.717) is 25.9 Å². The molecule has 0 radical (unpaired) electrons. The third-order valence-electron chi connectivity index (χ3n) is 8.79. The Balaban J connectivity index is -0.0000000756. The summed E-state index contributed by atoms with van der Waals surface area (Å²) in [5, 5.41) is 0. The van der Waals surface area contributed by atoms with E-state index in [-0.39, 0.29) is 142 Å². The van der Waals surface area contributed by atoms with Crippen LogP contribution in [0.15, 0.2) is 97.7 Å². The Morgan fingerprint density at radius 1 is 0.418 bits per heavy atom. The molecule has 0 aliphatic rings. The third kappa shape index (κ3) is 75.8. The van der Waals surface area contributed by atoms with Gasteiger partial charge in [0.05, 0.1) is 6.61 Å². The van der Waals surface area contributed by atoms with Gasteiger partial charge in [0.1, 0.15) is 11.6 Å². The van der Waals surface area contributed by atoms with Crippen LogP contribution in [-0.4, -0.2) is 76.2 Å². The summed E-state index contributed by atoms with van der Waals surface area (Å²) in [6.45, 7) is 37.3. The molecule has 13 nitrogen and oxygen atoms in total. The van der Waals surface area contributed by atoms with E-state index in [2.05, 4.69) is 11.3 Å². The number of allylic oxidation sites excluding steroid dienone is 9. The summed E-state index contributed by atoms with van der Waals surface area (Å²) in [4.78, 5) is 129. The van der Waals surface area contributed by atoms with Crippen LogP contribution in [0.4, 0.5) is 0 Å². The fraction of sp³-hybridized carbons (Fsp3) is 0.545. The summed E-state index contributed by atoms with van der Waals surface area (Å²) in [6, 6.07) is 9.83. The fourth-order valence-electron chi connectivity index (χ4n) is 3.77. The molecule has 0 aromatic heterocycles. The second kappa shape index (κ2) is 62.3. The molecule has 0 atom stereocenters. The van der Waals surface area contributed by atoms with Crippen molar-refractivity contribution in [1.82, 2.24) is 0 Å². The zero-order chi connectivity index (χ0) is 59.1. The van der Waals surface area contributed by atoms with E-state index in [4.69, 9.17) is 0 Å². The van der Waals surface area contributed by atoms with Gasteiger partial charge in [0.2, 0.25) is 0 Å². The van der Waals surface area contributed by atoms with Crippen LogP contribution >= 0.6 is 0 Å². The van der Waals surface area contributed by atoms with Crippen molar-refractivity contribution in [3.63, 3.8) is 0 Å². The van der Waals surface area contributed by atoms with Crippen LogP contribution in [0.25, 0.3) is 6.08 Å². The first-order valence-electron chi connectivity index (χ1n) is 25.2. The van der Waals surface area contributed by atoms with Crippen molar-refractivity contribution in [3.05, 3.63) is 103 Å². The quantitative estimate of drug-likeness (QED) is 0.0696. The highest BCUT2D eigenvalue weighted by Gasteiger charge is 2.08. The first kappa shape index (κ1) is 98.0. The van der Waals surface area contributed by atoms with Crippen LogP contribution < -0.4 is 0 Å².